The van der Waals surface area contributed by atoms with Crippen LogP contribution < -0.4 is 0 Å². The highest BCUT2D eigenvalue weighted by molar-refractivity contribution is 9.10. The van der Waals surface area contributed by atoms with Gasteiger partial charge >= 0.3 is 6.18 Å². The summed E-state index contributed by atoms with van der Waals surface area (Å²) < 4.78 is 40.0. The fourth-order valence-corrected chi connectivity index (χ4v) is 2.13. The second kappa shape index (κ2) is 5.57. The molecular formula is C12H7BrClF3N2O. The van der Waals surface area contributed by atoms with Crippen molar-refractivity contribution in [1.29, 1.82) is 0 Å². The Morgan fingerprint density at radius 1 is 1.30 bits per heavy atom. The molecule has 20 heavy (non-hydrogen) atoms. The zero-order valence-corrected chi connectivity index (χ0v) is 12.1. The van der Waals surface area contributed by atoms with Crippen molar-refractivity contribution < 1.29 is 18.0 Å². The van der Waals surface area contributed by atoms with Crippen LogP contribution in [0.5, 0.6) is 0 Å². The van der Waals surface area contributed by atoms with Crippen LogP contribution in [0.2, 0.25) is 5.15 Å². The maximum atomic E-state index is 12.7. The Kier molecular flexibility index (Phi) is 4.19. The molecule has 1 aromatic carbocycles. The molecule has 0 fully saturated rings. The quantitative estimate of drug-likeness (QED) is 0.763. The highest BCUT2D eigenvalue weighted by Gasteiger charge is 2.39. The second-order valence-electron chi connectivity index (χ2n) is 3.95. The van der Waals surface area contributed by atoms with Crippen LogP contribution in [-0.4, -0.2) is 16.1 Å². The lowest BCUT2D eigenvalue weighted by molar-refractivity contribution is -0.141. The van der Waals surface area contributed by atoms with Crippen molar-refractivity contribution in [3.05, 3.63) is 50.7 Å². The maximum absolute atomic E-state index is 12.7. The SMILES string of the molecule is O=Cc1c(C(F)(F)F)nn(Cc2ccc(Br)cc2)c1Cl. The van der Waals surface area contributed by atoms with Crippen LogP contribution in [0.4, 0.5) is 13.2 Å². The van der Waals surface area contributed by atoms with Gasteiger partial charge in [-0.25, -0.2) is 4.68 Å². The molecule has 0 aliphatic heterocycles. The predicted molar refractivity (Wildman–Crippen MR) is 70.9 cm³/mol. The van der Waals surface area contributed by atoms with Crippen LogP contribution in [-0.2, 0) is 12.7 Å². The number of alkyl halides is 3. The van der Waals surface area contributed by atoms with Crippen molar-refractivity contribution in [3.63, 3.8) is 0 Å². The van der Waals surface area contributed by atoms with Gasteiger partial charge in [-0.2, -0.15) is 18.3 Å². The van der Waals surface area contributed by atoms with Crippen LogP contribution in [0.25, 0.3) is 0 Å². The molecule has 8 heteroatoms. The average molecular weight is 368 g/mol. The summed E-state index contributed by atoms with van der Waals surface area (Å²) in [7, 11) is 0. The van der Waals surface area contributed by atoms with Crippen molar-refractivity contribution in [2.45, 2.75) is 12.7 Å². The van der Waals surface area contributed by atoms with E-state index in [0.717, 1.165) is 9.15 Å². The molecule has 0 saturated heterocycles. The fraction of sp³-hybridized carbons (Fsp3) is 0.167. The molecule has 2 rings (SSSR count). The molecule has 0 unspecified atom stereocenters. The molecule has 2 aromatic rings. The van der Waals surface area contributed by atoms with E-state index in [1.165, 1.54) is 0 Å². The fourth-order valence-electron chi connectivity index (χ4n) is 1.64. The molecule has 0 aliphatic carbocycles. The van der Waals surface area contributed by atoms with Gasteiger partial charge < -0.3 is 0 Å². The molecule has 0 N–H and O–H groups in total. The third-order valence-corrected chi connectivity index (χ3v) is 3.48. The van der Waals surface area contributed by atoms with Gasteiger partial charge in [0.2, 0.25) is 0 Å². The standard InChI is InChI=1S/C12H7BrClF3N2O/c13-8-3-1-7(2-4-8)5-19-11(14)9(6-20)10(18-19)12(15,16)17/h1-4,6H,5H2. The van der Waals surface area contributed by atoms with Crippen LogP contribution in [0.3, 0.4) is 0 Å². The summed E-state index contributed by atoms with van der Waals surface area (Å²) in [4.78, 5) is 10.8. The van der Waals surface area contributed by atoms with E-state index in [1.807, 2.05) is 0 Å². The zero-order valence-electron chi connectivity index (χ0n) is 9.79. The summed E-state index contributed by atoms with van der Waals surface area (Å²) in [5.74, 6) is 0. The van der Waals surface area contributed by atoms with Gasteiger partial charge in [0.15, 0.2) is 12.0 Å². The number of rotatable bonds is 3. The van der Waals surface area contributed by atoms with Gasteiger partial charge in [-0.15, -0.1) is 0 Å². The number of carbonyl (C=O) groups is 1. The van der Waals surface area contributed by atoms with E-state index >= 15 is 0 Å². The number of nitrogens with zero attached hydrogens (tertiary/aromatic N) is 2. The molecule has 0 saturated carbocycles. The number of benzene rings is 1. The normalized spacial score (nSPS) is 11.7. The van der Waals surface area contributed by atoms with E-state index in [4.69, 9.17) is 11.6 Å². The Hall–Kier alpha value is -1.34. The summed E-state index contributed by atoms with van der Waals surface area (Å²) in [6.07, 6.45) is -4.65. The van der Waals surface area contributed by atoms with Gasteiger partial charge in [0.05, 0.1) is 12.1 Å². The van der Waals surface area contributed by atoms with Crippen molar-refractivity contribution >= 4 is 33.8 Å². The van der Waals surface area contributed by atoms with Crippen molar-refractivity contribution in [3.8, 4) is 0 Å². The lowest BCUT2D eigenvalue weighted by Gasteiger charge is -2.04. The molecule has 0 radical (unpaired) electrons. The number of aldehydes is 1. The number of halogens is 5. The van der Waals surface area contributed by atoms with E-state index in [-0.39, 0.29) is 18.0 Å². The van der Waals surface area contributed by atoms with Crippen LogP contribution in [0.15, 0.2) is 28.7 Å². The molecule has 3 nitrogen and oxygen atoms in total. The zero-order chi connectivity index (χ0) is 14.9. The van der Waals surface area contributed by atoms with Gasteiger partial charge in [0.1, 0.15) is 5.15 Å². The smallest absolute Gasteiger partial charge is 0.298 e. The first-order chi connectivity index (χ1) is 9.32. The molecule has 0 atom stereocenters. The molecule has 106 valence electrons. The Balaban J connectivity index is 2.40. The van der Waals surface area contributed by atoms with Gasteiger partial charge in [0.25, 0.3) is 0 Å². The molecule has 0 spiro atoms. The Morgan fingerprint density at radius 3 is 2.35 bits per heavy atom. The Labute approximate surface area is 125 Å². The third-order valence-electron chi connectivity index (χ3n) is 2.56. The summed E-state index contributed by atoms with van der Waals surface area (Å²) in [6.45, 7) is 0.0447. The van der Waals surface area contributed by atoms with Crippen molar-refractivity contribution in [2.75, 3.05) is 0 Å². The highest BCUT2D eigenvalue weighted by Crippen LogP contribution is 2.33. The van der Waals surface area contributed by atoms with Gasteiger partial charge in [-0.1, -0.05) is 39.7 Å². The van der Waals surface area contributed by atoms with Crippen molar-refractivity contribution in [2.24, 2.45) is 0 Å². The van der Waals surface area contributed by atoms with E-state index in [2.05, 4.69) is 21.0 Å². The first-order valence-corrected chi connectivity index (χ1v) is 6.53. The summed E-state index contributed by atoms with van der Waals surface area (Å²) in [5, 5.41) is 3.06. The number of aromatic nitrogens is 2. The predicted octanol–water partition coefficient (Wildman–Crippen LogP) is 4.18. The van der Waals surface area contributed by atoms with Gasteiger partial charge in [-0.05, 0) is 17.7 Å². The highest BCUT2D eigenvalue weighted by atomic mass is 79.9. The molecule has 0 amide bonds. The van der Waals surface area contributed by atoms with Crippen LogP contribution in [0, 0.1) is 0 Å². The molecule has 1 aromatic heterocycles. The Bertz CT molecular complexity index is 637. The Morgan fingerprint density at radius 2 is 1.90 bits per heavy atom. The van der Waals surface area contributed by atoms with E-state index < -0.39 is 17.4 Å². The summed E-state index contributed by atoms with van der Waals surface area (Å²) >= 11 is 9.03. The van der Waals surface area contributed by atoms with Crippen LogP contribution in [0.1, 0.15) is 21.6 Å². The summed E-state index contributed by atoms with van der Waals surface area (Å²) in [5.41, 5.74) is -1.20. The molecule has 1 heterocycles. The third kappa shape index (κ3) is 3.04. The van der Waals surface area contributed by atoms with Gasteiger partial charge in [0, 0.05) is 4.47 Å². The maximum Gasteiger partial charge on any atom is 0.435 e. The number of hydrogen-bond donors (Lipinski definition) is 0. The molecule has 0 bridgehead atoms. The first-order valence-electron chi connectivity index (χ1n) is 5.36. The minimum Gasteiger partial charge on any atom is -0.298 e. The first kappa shape index (κ1) is 15.1. The number of carbonyl (C=O) groups excluding carboxylic acids is 1. The molecular weight excluding hydrogens is 360 g/mol. The lowest BCUT2D eigenvalue weighted by atomic mass is 10.2. The van der Waals surface area contributed by atoms with E-state index in [1.54, 1.807) is 24.3 Å². The number of hydrogen-bond acceptors (Lipinski definition) is 2. The lowest BCUT2D eigenvalue weighted by Crippen LogP contribution is -2.10. The van der Waals surface area contributed by atoms with Crippen molar-refractivity contribution in [1.82, 2.24) is 9.78 Å². The van der Waals surface area contributed by atoms with Gasteiger partial charge in [-0.3, -0.25) is 4.79 Å². The largest absolute Gasteiger partial charge is 0.435 e. The topological polar surface area (TPSA) is 34.9 Å². The minimum atomic E-state index is -4.72. The monoisotopic (exact) mass is 366 g/mol. The van der Waals surface area contributed by atoms with E-state index in [0.29, 0.717) is 5.56 Å². The average Bonchev–Trinajstić information content (AvgIpc) is 2.69. The molecule has 0 aliphatic rings. The van der Waals surface area contributed by atoms with Crippen LogP contribution >= 0.6 is 27.5 Å². The van der Waals surface area contributed by atoms with E-state index in [9.17, 15) is 18.0 Å². The second-order valence-corrected chi connectivity index (χ2v) is 5.23. The summed E-state index contributed by atoms with van der Waals surface area (Å²) in [6, 6.07) is 6.93. The minimum absolute atomic E-state index is 0.0447.